The summed E-state index contributed by atoms with van der Waals surface area (Å²) in [5.74, 6) is -0.661. The Morgan fingerprint density at radius 1 is 1.31 bits per heavy atom. The van der Waals surface area contributed by atoms with Crippen LogP contribution in [-0.4, -0.2) is 34.4 Å². The zero-order valence-electron chi connectivity index (χ0n) is 8.71. The van der Waals surface area contributed by atoms with Crippen molar-refractivity contribution in [1.82, 2.24) is 10.8 Å². The average molecular weight is 226 g/mol. The molecule has 6 heteroatoms. The van der Waals surface area contributed by atoms with Gasteiger partial charge < -0.3 is 15.5 Å². The van der Waals surface area contributed by atoms with E-state index in [1.807, 2.05) is 0 Å². The van der Waals surface area contributed by atoms with Gasteiger partial charge >= 0.3 is 0 Å². The maximum Gasteiger partial charge on any atom is 0.263 e. The number of carbonyl (C=O) groups is 1. The molecule has 0 heterocycles. The molecule has 1 aromatic rings. The van der Waals surface area contributed by atoms with Crippen LogP contribution in [0.1, 0.15) is 11.7 Å². The fourth-order valence-corrected chi connectivity index (χ4v) is 1.37. The van der Waals surface area contributed by atoms with E-state index in [9.17, 15) is 9.90 Å². The molecule has 0 bridgehead atoms. The van der Waals surface area contributed by atoms with E-state index in [0.717, 1.165) is 0 Å². The van der Waals surface area contributed by atoms with Gasteiger partial charge in [0.25, 0.3) is 5.91 Å². The number of likely N-dealkylation sites (N-methyl/N-ethyl adjacent to an activating group) is 1. The molecule has 0 aromatic heterocycles. The minimum atomic E-state index is -1.11. The van der Waals surface area contributed by atoms with Crippen molar-refractivity contribution in [2.75, 3.05) is 7.05 Å². The van der Waals surface area contributed by atoms with Gasteiger partial charge in [-0.1, -0.05) is 12.1 Å². The summed E-state index contributed by atoms with van der Waals surface area (Å²) in [6.45, 7) is 0. The van der Waals surface area contributed by atoms with Gasteiger partial charge in [-0.15, -0.1) is 0 Å². The molecule has 0 aliphatic heterocycles. The second-order valence-corrected chi connectivity index (χ2v) is 3.28. The lowest BCUT2D eigenvalue weighted by Gasteiger charge is -2.20. The minimum absolute atomic E-state index is 0.0727. The van der Waals surface area contributed by atoms with E-state index in [4.69, 9.17) is 10.3 Å². The van der Waals surface area contributed by atoms with Crippen molar-refractivity contribution in [2.45, 2.75) is 12.1 Å². The van der Waals surface area contributed by atoms with Crippen molar-refractivity contribution in [3.63, 3.8) is 0 Å². The highest BCUT2D eigenvalue weighted by atomic mass is 16.5. The molecule has 5 N–H and O–H groups in total. The Morgan fingerprint density at radius 3 is 2.31 bits per heavy atom. The molecule has 2 atom stereocenters. The van der Waals surface area contributed by atoms with E-state index < -0.39 is 18.1 Å². The van der Waals surface area contributed by atoms with Gasteiger partial charge in [0.1, 0.15) is 17.9 Å². The van der Waals surface area contributed by atoms with Gasteiger partial charge in [-0.05, 0) is 24.7 Å². The van der Waals surface area contributed by atoms with Crippen LogP contribution in [-0.2, 0) is 4.79 Å². The average Bonchev–Trinajstić information content (AvgIpc) is 2.30. The molecule has 16 heavy (non-hydrogen) atoms. The number of hydrogen-bond donors (Lipinski definition) is 5. The first kappa shape index (κ1) is 12.4. The number of phenols is 1. The molecule has 88 valence electrons. The summed E-state index contributed by atoms with van der Waals surface area (Å²) < 4.78 is 0. The molecule has 0 saturated heterocycles. The van der Waals surface area contributed by atoms with E-state index in [2.05, 4.69) is 5.32 Å². The zero-order valence-corrected chi connectivity index (χ0v) is 8.71. The quantitative estimate of drug-likeness (QED) is 0.352. The van der Waals surface area contributed by atoms with Gasteiger partial charge in [0.15, 0.2) is 0 Å². The number of phenolic OH excluding ortho intramolecular Hbond substituents is 1. The van der Waals surface area contributed by atoms with Crippen LogP contribution in [0.15, 0.2) is 24.3 Å². The minimum Gasteiger partial charge on any atom is -0.508 e. The summed E-state index contributed by atoms with van der Waals surface area (Å²) in [7, 11) is 1.49. The second-order valence-electron chi connectivity index (χ2n) is 3.28. The second kappa shape index (κ2) is 5.45. The van der Waals surface area contributed by atoms with Crippen LogP contribution in [0.4, 0.5) is 0 Å². The number of aliphatic hydroxyl groups is 1. The molecule has 1 rings (SSSR count). The SMILES string of the molecule is CNC(C(=O)NO)C(O)c1ccc(O)cc1. The van der Waals surface area contributed by atoms with Gasteiger partial charge in [0.2, 0.25) is 0 Å². The highest BCUT2D eigenvalue weighted by molar-refractivity contribution is 5.81. The van der Waals surface area contributed by atoms with Crippen LogP contribution in [0, 0.1) is 0 Å². The van der Waals surface area contributed by atoms with Crippen molar-refractivity contribution in [1.29, 1.82) is 0 Å². The lowest BCUT2D eigenvalue weighted by molar-refractivity contribution is -0.134. The fourth-order valence-electron chi connectivity index (χ4n) is 1.37. The Kier molecular flexibility index (Phi) is 4.24. The Labute approximate surface area is 92.5 Å². The molecule has 2 unspecified atom stereocenters. The topological polar surface area (TPSA) is 102 Å². The number of carbonyl (C=O) groups excluding carboxylic acids is 1. The third kappa shape index (κ3) is 2.69. The maximum absolute atomic E-state index is 11.2. The molecule has 0 fully saturated rings. The van der Waals surface area contributed by atoms with Crippen LogP contribution in [0.2, 0.25) is 0 Å². The summed E-state index contributed by atoms with van der Waals surface area (Å²) in [4.78, 5) is 11.2. The van der Waals surface area contributed by atoms with Crippen molar-refractivity contribution in [3.8, 4) is 5.75 Å². The van der Waals surface area contributed by atoms with Crippen molar-refractivity contribution in [2.24, 2.45) is 0 Å². The zero-order chi connectivity index (χ0) is 12.1. The highest BCUT2D eigenvalue weighted by Crippen LogP contribution is 2.19. The number of nitrogens with one attached hydrogen (secondary N) is 2. The molecule has 0 saturated carbocycles. The summed E-state index contributed by atoms with van der Waals surface area (Å²) in [6, 6.07) is 4.84. The number of aliphatic hydroxyl groups excluding tert-OH is 1. The number of amides is 1. The monoisotopic (exact) mass is 226 g/mol. The van der Waals surface area contributed by atoms with E-state index in [1.54, 1.807) is 0 Å². The molecule has 0 spiro atoms. The molecule has 1 aromatic carbocycles. The van der Waals surface area contributed by atoms with Gasteiger partial charge in [0.05, 0.1) is 0 Å². The molecular weight excluding hydrogens is 212 g/mol. The third-order valence-electron chi connectivity index (χ3n) is 2.25. The number of aromatic hydroxyl groups is 1. The number of hydroxylamine groups is 1. The van der Waals surface area contributed by atoms with Crippen LogP contribution in [0.5, 0.6) is 5.75 Å². The van der Waals surface area contributed by atoms with Crippen molar-refractivity contribution >= 4 is 5.91 Å². The largest absolute Gasteiger partial charge is 0.508 e. The fraction of sp³-hybridized carbons (Fsp3) is 0.300. The summed E-state index contributed by atoms with van der Waals surface area (Å²) >= 11 is 0. The van der Waals surface area contributed by atoms with E-state index in [1.165, 1.54) is 36.8 Å². The smallest absolute Gasteiger partial charge is 0.263 e. The maximum atomic E-state index is 11.2. The van der Waals surface area contributed by atoms with E-state index >= 15 is 0 Å². The van der Waals surface area contributed by atoms with Crippen LogP contribution in [0.25, 0.3) is 0 Å². The lowest BCUT2D eigenvalue weighted by Crippen LogP contribution is -2.45. The predicted octanol–water partition coefficient (Wildman–Crippen LogP) is -0.481. The van der Waals surface area contributed by atoms with Crippen LogP contribution in [0.3, 0.4) is 0 Å². The molecule has 0 aliphatic carbocycles. The highest BCUT2D eigenvalue weighted by Gasteiger charge is 2.26. The Bertz CT molecular complexity index is 352. The predicted molar refractivity (Wildman–Crippen MR) is 55.8 cm³/mol. The first-order valence-electron chi connectivity index (χ1n) is 4.68. The van der Waals surface area contributed by atoms with Crippen LogP contribution >= 0.6 is 0 Å². The lowest BCUT2D eigenvalue weighted by atomic mass is 10.0. The first-order chi connectivity index (χ1) is 7.60. The van der Waals surface area contributed by atoms with Crippen LogP contribution < -0.4 is 10.8 Å². The third-order valence-corrected chi connectivity index (χ3v) is 2.25. The number of rotatable bonds is 4. The summed E-state index contributed by atoms with van der Waals surface area (Å²) in [5, 5.41) is 30.0. The first-order valence-corrected chi connectivity index (χ1v) is 4.68. The molecule has 0 aliphatic rings. The van der Waals surface area contributed by atoms with Gasteiger partial charge in [0, 0.05) is 0 Å². The Balaban J connectivity index is 2.86. The molecule has 0 radical (unpaired) electrons. The van der Waals surface area contributed by atoms with Crippen molar-refractivity contribution < 1.29 is 20.2 Å². The number of hydrogen-bond acceptors (Lipinski definition) is 5. The normalized spacial score (nSPS) is 14.2. The van der Waals surface area contributed by atoms with Gasteiger partial charge in [-0.3, -0.25) is 10.0 Å². The number of benzene rings is 1. The molecular formula is C10H14N2O4. The van der Waals surface area contributed by atoms with E-state index in [0.29, 0.717) is 5.56 Å². The molecule has 6 nitrogen and oxygen atoms in total. The Morgan fingerprint density at radius 2 is 1.88 bits per heavy atom. The van der Waals surface area contributed by atoms with Crippen molar-refractivity contribution in [3.05, 3.63) is 29.8 Å². The summed E-state index contributed by atoms with van der Waals surface area (Å²) in [6.07, 6.45) is -1.11. The van der Waals surface area contributed by atoms with E-state index in [-0.39, 0.29) is 5.75 Å². The Hall–Kier alpha value is -1.63. The van der Waals surface area contributed by atoms with Gasteiger partial charge in [-0.25, -0.2) is 5.48 Å². The van der Waals surface area contributed by atoms with Gasteiger partial charge in [-0.2, -0.15) is 0 Å². The summed E-state index contributed by atoms with van der Waals surface area (Å²) in [5.41, 5.74) is 1.93. The standard InChI is InChI=1S/C10H14N2O4/c1-11-8(10(15)12-16)9(14)6-2-4-7(13)5-3-6/h2-5,8-9,11,13-14,16H,1H3,(H,12,15). The molecule has 1 amide bonds.